The Morgan fingerprint density at radius 3 is 3.00 bits per heavy atom. The van der Waals surface area contributed by atoms with Gasteiger partial charge in [-0.15, -0.1) is 0 Å². The van der Waals surface area contributed by atoms with Crippen LogP contribution in [-0.4, -0.2) is 42.6 Å². The predicted molar refractivity (Wildman–Crippen MR) is 79.6 cm³/mol. The number of anilines is 1. The zero-order valence-corrected chi connectivity index (χ0v) is 12.1. The molecule has 0 bridgehead atoms. The fourth-order valence-electron chi connectivity index (χ4n) is 2.56. The standard InChI is InChI=1S/C13H16N4O3S/c14-9-1-2-11-10(5-9)12(17-16-11)13(18)15-6-8-3-4-21(19,20)7-8/h1-2,5,8H,3-4,6-7,14H2,(H,15,18)(H,16,17). The lowest BCUT2D eigenvalue weighted by Crippen LogP contribution is -2.30. The van der Waals surface area contributed by atoms with E-state index in [1.807, 2.05) is 0 Å². The van der Waals surface area contributed by atoms with Gasteiger partial charge in [-0.25, -0.2) is 8.42 Å². The molecule has 21 heavy (non-hydrogen) atoms. The van der Waals surface area contributed by atoms with Crippen molar-refractivity contribution in [3.63, 3.8) is 0 Å². The van der Waals surface area contributed by atoms with E-state index in [0.717, 1.165) is 5.52 Å². The number of nitrogen functional groups attached to an aromatic ring is 1. The van der Waals surface area contributed by atoms with Crippen LogP contribution in [0.1, 0.15) is 16.9 Å². The van der Waals surface area contributed by atoms with E-state index in [1.165, 1.54) is 0 Å². The molecule has 7 nitrogen and oxygen atoms in total. The molecule has 0 spiro atoms. The van der Waals surface area contributed by atoms with E-state index in [-0.39, 0.29) is 29.0 Å². The number of nitrogens with two attached hydrogens (primary N) is 1. The van der Waals surface area contributed by atoms with Gasteiger partial charge in [-0.2, -0.15) is 5.10 Å². The molecule has 0 aliphatic carbocycles. The van der Waals surface area contributed by atoms with Crippen LogP contribution in [0.15, 0.2) is 18.2 Å². The molecule has 1 amide bonds. The molecule has 2 aromatic rings. The Balaban J connectivity index is 1.71. The summed E-state index contributed by atoms with van der Waals surface area (Å²) in [5.74, 6) is 0.00195. The van der Waals surface area contributed by atoms with Crippen molar-refractivity contribution >= 4 is 32.3 Å². The largest absolute Gasteiger partial charge is 0.399 e. The van der Waals surface area contributed by atoms with Crippen molar-refractivity contribution in [1.29, 1.82) is 0 Å². The second kappa shape index (κ2) is 5.03. The zero-order valence-electron chi connectivity index (χ0n) is 11.3. The number of H-pyrrole nitrogens is 1. The number of carbonyl (C=O) groups excluding carboxylic acids is 1. The number of carbonyl (C=O) groups is 1. The minimum Gasteiger partial charge on any atom is -0.399 e. The minimum absolute atomic E-state index is 0.0192. The van der Waals surface area contributed by atoms with Crippen molar-refractivity contribution in [3.05, 3.63) is 23.9 Å². The summed E-state index contributed by atoms with van der Waals surface area (Å²) in [6.45, 7) is 0.342. The molecule has 1 saturated heterocycles. The maximum Gasteiger partial charge on any atom is 0.272 e. The summed E-state index contributed by atoms with van der Waals surface area (Å²) in [6, 6.07) is 5.18. The van der Waals surface area contributed by atoms with Crippen LogP contribution in [-0.2, 0) is 9.84 Å². The van der Waals surface area contributed by atoms with Gasteiger partial charge in [0, 0.05) is 17.6 Å². The normalized spacial score (nSPS) is 20.7. The van der Waals surface area contributed by atoms with Crippen LogP contribution in [0.5, 0.6) is 0 Å². The average Bonchev–Trinajstić information content (AvgIpc) is 2.99. The summed E-state index contributed by atoms with van der Waals surface area (Å²) in [6.07, 6.45) is 0.594. The third kappa shape index (κ3) is 2.85. The molecule has 1 unspecified atom stereocenters. The second-order valence-electron chi connectivity index (χ2n) is 5.36. The Kier molecular flexibility index (Phi) is 3.32. The zero-order chi connectivity index (χ0) is 15.0. The number of rotatable bonds is 3. The monoisotopic (exact) mass is 308 g/mol. The number of nitrogens with one attached hydrogen (secondary N) is 2. The van der Waals surface area contributed by atoms with Crippen LogP contribution in [0.2, 0.25) is 0 Å². The van der Waals surface area contributed by atoms with Crippen molar-refractivity contribution in [2.24, 2.45) is 5.92 Å². The SMILES string of the molecule is Nc1ccc2[nH]nc(C(=O)NCC3CCS(=O)(=O)C3)c2c1. The van der Waals surface area contributed by atoms with E-state index in [0.29, 0.717) is 24.0 Å². The molecule has 1 aliphatic heterocycles. The highest BCUT2D eigenvalue weighted by Crippen LogP contribution is 2.20. The number of sulfone groups is 1. The van der Waals surface area contributed by atoms with Gasteiger partial charge >= 0.3 is 0 Å². The van der Waals surface area contributed by atoms with Gasteiger partial charge in [-0.1, -0.05) is 0 Å². The molecule has 4 N–H and O–H groups in total. The molecule has 2 heterocycles. The van der Waals surface area contributed by atoms with E-state index in [9.17, 15) is 13.2 Å². The number of amides is 1. The lowest BCUT2D eigenvalue weighted by atomic mass is 10.1. The van der Waals surface area contributed by atoms with E-state index >= 15 is 0 Å². The highest BCUT2D eigenvalue weighted by molar-refractivity contribution is 7.91. The molecular formula is C13H16N4O3S. The van der Waals surface area contributed by atoms with Crippen molar-refractivity contribution < 1.29 is 13.2 Å². The van der Waals surface area contributed by atoms with E-state index < -0.39 is 9.84 Å². The Morgan fingerprint density at radius 1 is 1.48 bits per heavy atom. The lowest BCUT2D eigenvalue weighted by Gasteiger charge is -2.08. The van der Waals surface area contributed by atoms with Gasteiger partial charge in [0.25, 0.3) is 5.91 Å². The summed E-state index contributed by atoms with van der Waals surface area (Å²) < 4.78 is 22.8. The molecule has 0 radical (unpaired) electrons. The molecular weight excluding hydrogens is 292 g/mol. The van der Waals surface area contributed by atoms with Crippen LogP contribution < -0.4 is 11.1 Å². The fraction of sp³-hybridized carbons (Fsp3) is 0.385. The summed E-state index contributed by atoms with van der Waals surface area (Å²) in [4.78, 5) is 12.2. The molecule has 112 valence electrons. The second-order valence-corrected chi connectivity index (χ2v) is 7.59. The summed E-state index contributed by atoms with van der Waals surface area (Å²) in [5.41, 5.74) is 7.28. The maximum atomic E-state index is 12.2. The molecule has 8 heteroatoms. The smallest absolute Gasteiger partial charge is 0.272 e. The predicted octanol–water partition coefficient (Wildman–Crippen LogP) is 0.310. The highest BCUT2D eigenvalue weighted by Gasteiger charge is 2.28. The quantitative estimate of drug-likeness (QED) is 0.705. The van der Waals surface area contributed by atoms with E-state index in [2.05, 4.69) is 15.5 Å². The third-order valence-electron chi connectivity index (χ3n) is 3.68. The molecule has 1 atom stereocenters. The van der Waals surface area contributed by atoms with E-state index in [1.54, 1.807) is 18.2 Å². The summed E-state index contributed by atoms with van der Waals surface area (Å²) in [7, 11) is -2.93. The number of hydrogen-bond donors (Lipinski definition) is 3. The molecule has 3 rings (SSSR count). The first kappa shape index (κ1) is 13.9. The van der Waals surface area contributed by atoms with Gasteiger partial charge in [0.2, 0.25) is 0 Å². The first-order chi connectivity index (χ1) is 9.94. The van der Waals surface area contributed by atoms with Crippen molar-refractivity contribution in [3.8, 4) is 0 Å². The minimum atomic E-state index is -2.93. The maximum absolute atomic E-state index is 12.2. The fourth-order valence-corrected chi connectivity index (χ4v) is 4.42. The number of aromatic amines is 1. The van der Waals surface area contributed by atoms with Crippen molar-refractivity contribution in [2.45, 2.75) is 6.42 Å². The average molecular weight is 308 g/mol. The number of nitrogens with zero attached hydrogens (tertiary/aromatic N) is 1. The summed E-state index contributed by atoms with van der Waals surface area (Å²) in [5, 5.41) is 10.2. The van der Waals surface area contributed by atoms with Crippen LogP contribution in [0.4, 0.5) is 5.69 Å². The molecule has 1 aromatic carbocycles. The topological polar surface area (TPSA) is 118 Å². The van der Waals surface area contributed by atoms with Gasteiger partial charge in [-0.05, 0) is 30.5 Å². The van der Waals surface area contributed by atoms with Gasteiger partial charge in [0.1, 0.15) is 0 Å². The van der Waals surface area contributed by atoms with Crippen molar-refractivity contribution in [1.82, 2.24) is 15.5 Å². The first-order valence-corrected chi connectivity index (χ1v) is 8.49. The Hall–Kier alpha value is -2.09. The molecule has 1 fully saturated rings. The van der Waals surface area contributed by atoms with Crippen molar-refractivity contribution in [2.75, 3.05) is 23.8 Å². The molecule has 1 aliphatic rings. The van der Waals surface area contributed by atoms with Gasteiger partial charge in [0.05, 0.1) is 17.0 Å². The third-order valence-corrected chi connectivity index (χ3v) is 5.52. The Labute approximate surface area is 121 Å². The van der Waals surface area contributed by atoms with Gasteiger partial charge in [-0.3, -0.25) is 9.89 Å². The lowest BCUT2D eigenvalue weighted by molar-refractivity contribution is 0.0945. The van der Waals surface area contributed by atoms with Gasteiger partial charge in [0.15, 0.2) is 15.5 Å². The van der Waals surface area contributed by atoms with Crippen LogP contribution in [0.25, 0.3) is 10.9 Å². The Morgan fingerprint density at radius 2 is 2.29 bits per heavy atom. The first-order valence-electron chi connectivity index (χ1n) is 6.67. The number of aromatic nitrogens is 2. The Bertz CT molecular complexity index is 797. The molecule has 1 aromatic heterocycles. The van der Waals surface area contributed by atoms with E-state index in [4.69, 9.17) is 5.73 Å². The summed E-state index contributed by atoms with van der Waals surface area (Å²) >= 11 is 0. The van der Waals surface area contributed by atoms with Crippen LogP contribution in [0, 0.1) is 5.92 Å². The van der Waals surface area contributed by atoms with Gasteiger partial charge < -0.3 is 11.1 Å². The van der Waals surface area contributed by atoms with Crippen LogP contribution in [0.3, 0.4) is 0 Å². The van der Waals surface area contributed by atoms with Crippen LogP contribution >= 0.6 is 0 Å². The number of fused-ring (bicyclic) bond motifs is 1. The number of hydrogen-bond acceptors (Lipinski definition) is 5. The molecule has 0 saturated carbocycles. The number of benzene rings is 1. The highest BCUT2D eigenvalue weighted by atomic mass is 32.2.